The van der Waals surface area contributed by atoms with Gasteiger partial charge < -0.3 is 4.90 Å². The summed E-state index contributed by atoms with van der Waals surface area (Å²) in [7, 11) is 1.89. The van der Waals surface area contributed by atoms with E-state index in [2.05, 4.69) is 16.3 Å². The largest absolute Gasteiger partial charge is 0.415 e. The summed E-state index contributed by atoms with van der Waals surface area (Å²) < 4.78 is 3.43. The minimum atomic E-state index is -0.0277. The number of imidazole rings is 1. The Balaban J connectivity index is 1.58. The first kappa shape index (κ1) is 16.1. The SMILES string of the molecule is C[n+]1ccn(C(=O)N2CCC(=C(C#N)c3cccc4[nH]ncc34)CC2)c1. The number of carbonyl (C=O) groups excluding carboxylic acids is 1. The number of benzene rings is 1. The number of nitrogens with one attached hydrogen (secondary N) is 1. The molecule has 0 saturated carbocycles. The molecule has 1 fully saturated rings. The Kier molecular flexibility index (Phi) is 4.01. The van der Waals surface area contributed by atoms with Crippen LogP contribution in [0.4, 0.5) is 4.79 Å². The molecular weight excluding hydrogens is 328 g/mol. The van der Waals surface area contributed by atoms with E-state index in [0.29, 0.717) is 31.5 Å². The molecule has 1 aromatic carbocycles. The Bertz CT molecular complexity index is 1040. The third-order valence-corrected chi connectivity index (χ3v) is 4.85. The second-order valence-corrected chi connectivity index (χ2v) is 6.48. The van der Waals surface area contributed by atoms with Gasteiger partial charge in [-0.15, -0.1) is 0 Å². The molecule has 7 nitrogen and oxygen atoms in total. The molecule has 0 atom stereocenters. The molecule has 0 spiro atoms. The lowest BCUT2D eigenvalue weighted by atomic mass is 9.92. The summed E-state index contributed by atoms with van der Waals surface area (Å²) >= 11 is 0. The monoisotopic (exact) mass is 347 g/mol. The van der Waals surface area contributed by atoms with Gasteiger partial charge in [-0.3, -0.25) is 5.10 Å². The summed E-state index contributed by atoms with van der Waals surface area (Å²) in [5.74, 6) is 0. The number of hydrogen-bond acceptors (Lipinski definition) is 3. The van der Waals surface area contributed by atoms with Gasteiger partial charge in [0.2, 0.25) is 0 Å². The van der Waals surface area contributed by atoms with Crippen LogP contribution in [-0.2, 0) is 7.05 Å². The van der Waals surface area contributed by atoms with Crippen LogP contribution in [0.2, 0.25) is 0 Å². The molecule has 0 aliphatic carbocycles. The van der Waals surface area contributed by atoms with Gasteiger partial charge in [-0.2, -0.15) is 14.9 Å². The molecule has 26 heavy (non-hydrogen) atoms. The first-order chi connectivity index (χ1) is 12.7. The van der Waals surface area contributed by atoms with Gasteiger partial charge in [0.05, 0.1) is 30.4 Å². The molecule has 130 valence electrons. The van der Waals surface area contributed by atoms with Crippen molar-refractivity contribution in [1.82, 2.24) is 19.7 Å². The number of likely N-dealkylation sites (tertiary alicyclic amines) is 1. The number of nitriles is 1. The van der Waals surface area contributed by atoms with Crippen LogP contribution < -0.4 is 4.57 Å². The third-order valence-electron chi connectivity index (χ3n) is 4.85. The fourth-order valence-corrected chi connectivity index (χ4v) is 3.46. The van der Waals surface area contributed by atoms with Crippen molar-refractivity contribution in [3.05, 3.63) is 54.3 Å². The van der Waals surface area contributed by atoms with Crippen LogP contribution in [0.15, 0.2) is 48.7 Å². The zero-order valence-corrected chi connectivity index (χ0v) is 14.5. The molecule has 3 heterocycles. The minimum Gasteiger partial charge on any atom is -0.304 e. The number of amides is 1. The van der Waals surface area contributed by atoms with E-state index in [9.17, 15) is 10.1 Å². The summed E-state index contributed by atoms with van der Waals surface area (Å²) in [6, 6.07) is 8.18. The molecule has 3 aromatic rings. The molecule has 1 amide bonds. The smallest absolute Gasteiger partial charge is 0.304 e. The molecule has 0 unspecified atom stereocenters. The Morgan fingerprint density at radius 3 is 2.85 bits per heavy atom. The number of fused-ring (bicyclic) bond motifs is 1. The van der Waals surface area contributed by atoms with Crippen LogP contribution in [0.25, 0.3) is 16.5 Å². The van der Waals surface area contributed by atoms with Crippen molar-refractivity contribution in [1.29, 1.82) is 5.26 Å². The molecule has 1 saturated heterocycles. The average Bonchev–Trinajstić information content (AvgIpc) is 3.31. The quantitative estimate of drug-likeness (QED) is 0.541. The van der Waals surface area contributed by atoms with Gasteiger partial charge in [0, 0.05) is 24.0 Å². The maximum Gasteiger partial charge on any atom is 0.415 e. The average molecular weight is 347 g/mol. The number of aromatic amines is 1. The second kappa shape index (κ2) is 6.48. The van der Waals surface area contributed by atoms with Gasteiger partial charge in [0.25, 0.3) is 6.33 Å². The normalized spacial score (nSPS) is 14.5. The van der Waals surface area contributed by atoms with Gasteiger partial charge in [-0.25, -0.2) is 9.36 Å². The molecule has 1 aliphatic heterocycles. The van der Waals surface area contributed by atoms with E-state index in [1.165, 1.54) is 0 Å². The van der Waals surface area contributed by atoms with Crippen LogP contribution in [0, 0.1) is 11.3 Å². The van der Waals surface area contributed by atoms with E-state index >= 15 is 0 Å². The van der Waals surface area contributed by atoms with Crippen molar-refractivity contribution in [3.63, 3.8) is 0 Å². The minimum absolute atomic E-state index is 0.0277. The van der Waals surface area contributed by atoms with E-state index < -0.39 is 0 Å². The Hall–Kier alpha value is -3.40. The van der Waals surface area contributed by atoms with E-state index in [-0.39, 0.29) is 6.03 Å². The van der Waals surface area contributed by atoms with Crippen LogP contribution in [0.1, 0.15) is 18.4 Å². The first-order valence-corrected chi connectivity index (χ1v) is 8.54. The third kappa shape index (κ3) is 2.75. The molecule has 0 bridgehead atoms. The maximum absolute atomic E-state index is 12.6. The number of aromatic nitrogens is 4. The summed E-state index contributed by atoms with van der Waals surface area (Å²) in [6.45, 7) is 1.23. The highest BCUT2D eigenvalue weighted by Crippen LogP contribution is 2.30. The highest BCUT2D eigenvalue weighted by molar-refractivity contribution is 5.96. The lowest BCUT2D eigenvalue weighted by molar-refractivity contribution is -0.670. The van der Waals surface area contributed by atoms with Crippen molar-refractivity contribution in [2.24, 2.45) is 7.05 Å². The predicted molar refractivity (Wildman–Crippen MR) is 95.8 cm³/mol. The number of rotatable bonds is 1. The highest BCUT2D eigenvalue weighted by Gasteiger charge is 2.26. The molecular formula is C19H19N6O+. The van der Waals surface area contributed by atoms with Gasteiger partial charge in [0.15, 0.2) is 0 Å². The number of allylic oxidation sites excluding steroid dienone is 1. The molecule has 1 N–H and O–H groups in total. The number of H-pyrrole nitrogens is 1. The van der Waals surface area contributed by atoms with E-state index in [1.807, 2.05) is 40.9 Å². The zero-order valence-electron chi connectivity index (χ0n) is 14.5. The number of nitrogens with zero attached hydrogens (tertiary/aromatic N) is 5. The summed E-state index contributed by atoms with van der Waals surface area (Å²) in [4.78, 5) is 14.4. The number of hydrogen-bond donors (Lipinski definition) is 1. The van der Waals surface area contributed by atoms with Crippen LogP contribution in [0.3, 0.4) is 0 Å². The Morgan fingerprint density at radius 2 is 2.15 bits per heavy atom. The lowest BCUT2D eigenvalue weighted by Crippen LogP contribution is -2.39. The number of piperidine rings is 1. The van der Waals surface area contributed by atoms with Crippen molar-refractivity contribution in [3.8, 4) is 6.07 Å². The summed E-state index contributed by atoms with van der Waals surface area (Å²) in [5.41, 5.74) is 3.63. The van der Waals surface area contributed by atoms with Gasteiger partial charge >= 0.3 is 6.03 Å². The molecule has 2 aromatic heterocycles. The van der Waals surface area contributed by atoms with E-state index in [1.54, 1.807) is 23.3 Å². The van der Waals surface area contributed by atoms with Crippen molar-refractivity contribution in [2.45, 2.75) is 12.8 Å². The van der Waals surface area contributed by atoms with Crippen molar-refractivity contribution >= 4 is 22.5 Å². The Morgan fingerprint density at radius 1 is 1.35 bits per heavy atom. The molecule has 7 heteroatoms. The topological polar surface area (TPSA) is 81.6 Å². The van der Waals surface area contributed by atoms with Gasteiger partial charge in [-0.1, -0.05) is 12.1 Å². The second-order valence-electron chi connectivity index (χ2n) is 6.48. The lowest BCUT2D eigenvalue weighted by Gasteiger charge is -2.27. The molecule has 1 aliphatic rings. The highest BCUT2D eigenvalue weighted by atomic mass is 16.2. The Labute approximate surface area is 150 Å². The predicted octanol–water partition coefficient (Wildman–Crippen LogP) is 2.23. The van der Waals surface area contributed by atoms with Crippen LogP contribution in [-0.4, -0.2) is 38.8 Å². The zero-order chi connectivity index (χ0) is 18.1. The van der Waals surface area contributed by atoms with Crippen LogP contribution in [0.5, 0.6) is 0 Å². The van der Waals surface area contributed by atoms with Crippen molar-refractivity contribution in [2.75, 3.05) is 13.1 Å². The molecule has 0 radical (unpaired) electrons. The fraction of sp³-hybridized carbons (Fsp3) is 0.263. The standard InChI is InChI=1S/C19H19N6O/c1-23-9-10-25(13-23)19(26)24-7-5-14(6-8-24)16(11-20)15-3-2-4-18-17(15)12-21-22-18/h2-4,9-10,12-13H,5-8H2,1H3,(H,21,22)/q+1. The maximum atomic E-state index is 12.6. The summed E-state index contributed by atoms with van der Waals surface area (Å²) in [6.07, 6.45) is 8.52. The van der Waals surface area contributed by atoms with Gasteiger partial charge in [0.1, 0.15) is 12.4 Å². The summed E-state index contributed by atoms with van der Waals surface area (Å²) in [5, 5.41) is 17.7. The number of carbonyl (C=O) groups is 1. The first-order valence-electron chi connectivity index (χ1n) is 8.54. The van der Waals surface area contributed by atoms with E-state index in [4.69, 9.17) is 0 Å². The van der Waals surface area contributed by atoms with Crippen molar-refractivity contribution < 1.29 is 9.36 Å². The van der Waals surface area contributed by atoms with Crippen LogP contribution >= 0.6 is 0 Å². The molecule has 4 rings (SSSR count). The van der Waals surface area contributed by atoms with Gasteiger partial charge in [-0.05, 0) is 24.5 Å². The number of aryl methyl sites for hydroxylation is 1. The fourth-order valence-electron chi connectivity index (χ4n) is 3.46. The van der Waals surface area contributed by atoms with E-state index in [0.717, 1.165) is 22.0 Å².